The minimum absolute atomic E-state index is 0.0300. The number of rotatable bonds is 8. The Labute approximate surface area is 204 Å². The molecule has 2 saturated heterocycles. The summed E-state index contributed by atoms with van der Waals surface area (Å²) in [4.78, 5) is 47.8. The number of fused-ring (bicyclic) bond motifs is 1. The van der Waals surface area contributed by atoms with Crippen LogP contribution in [0.15, 0.2) is 34.0 Å². The molecule has 0 spiro atoms. The maximum Gasteiger partial charge on any atom is 0.352 e. The second-order valence-corrected chi connectivity index (χ2v) is 10.6. The van der Waals surface area contributed by atoms with Gasteiger partial charge < -0.3 is 25.5 Å². The van der Waals surface area contributed by atoms with Crippen LogP contribution in [0.4, 0.5) is 5.13 Å². The zero-order chi connectivity index (χ0) is 24.5. The number of amides is 2. The summed E-state index contributed by atoms with van der Waals surface area (Å²) in [5.74, 6) is -1.88. The Morgan fingerprint density at radius 2 is 2.18 bits per heavy atom. The fourth-order valence-corrected chi connectivity index (χ4v) is 6.27. The van der Waals surface area contributed by atoms with Crippen LogP contribution in [-0.2, 0) is 19.2 Å². The predicted molar refractivity (Wildman–Crippen MR) is 129 cm³/mol. The van der Waals surface area contributed by atoms with Gasteiger partial charge in [-0.05, 0) is 11.6 Å². The normalized spacial score (nSPS) is 24.2. The second-order valence-electron chi connectivity index (χ2n) is 8.59. The first kappa shape index (κ1) is 24.2. The van der Waals surface area contributed by atoms with E-state index in [4.69, 9.17) is 10.6 Å². The molecular formula is C21H27N6O5S2+. The Morgan fingerprint density at radius 3 is 2.79 bits per heavy atom. The molecule has 4 rings (SSSR count). The number of thiazole rings is 1. The molecule has 2 atom stereocenters. The largest absolute Gasteiger partial charge is 0.477 e. The van der Waals surface area contributed by atoms with Crippen LogP contribution in [0.25, 0.3) is 0 Å². The van der Waals surface area contributed by atoms with E-state index in [1.165, 1.54) is 36.6 Å². The van der Waals surface area contributed by atoms with Crippen molar-refractivity contribution in [3.63, 3.8) is 0 Å². The number of quaternary nitrogens is 1. The number of nitrogens with one attached hydrogen (secondary N) is 1. The van der Waals surface area contributed by atoms with E-state index < -0.39 is 29.2 Å². The molecule has 1 aromatic heterocycles. The number of nitrogens with two attached hydrogens (primary N) is 1. The molecule has 4 heterocycles. The van der Waals surface area contributed by atoms with Crippen molar-refractivity contribution in [2.24, 2.45) is 5.16 Å². The molecule has 0 radical (unpaired) electrons. The summed E-state index contributed by atoms with van der Waals surface area (Å²) in [6.45, 7) is 3.04. The number of β-lactam (4-membered cyclic amide) rings is 1. The number of nitrogen functional groups attached to an aromatic ring is 1. The Balaban J connectivity index is 1.48. The van der Waals surface area contributed by atoms with Crippen LogP contribution >= 0.6 is 23.1 Å². The summed E-state index contributed by atoms with van der Waals surface area (Å²) in [7, 11) is 3.49. The fraction of sp³-hybridized carbons (Fsp3) is 0.476. The lowest BCUT2D eigenvalue weighted by Crippen LogP contribution is -2.71. The number of carboxylic acid groups (broad SMARTS) is 1. The number of oxime groups is 1. The van der Waals surface area contributed by atoms with E-state index in [0.29, 0.717) is 11.3 Å². The Hall–Kier alpha value is -2.90. The summed E-state index contributed by atoms with van der Waals surface area (Å²) < 4.78 is 0.939. The number of hydrogen-bond donors (Lipinski definition) is 3. The molecule has 13 heteroatoms. The van der Waals surface area contributed by atoms with Gasteiger partial charge in [0.1, 0.15) is 29.9 Å². The molecule has 11 nitrogen and oxygen atoms in total. The number of aliphatic carboxylic acids is 1. The Bertz CT molecular complexity index is 1090. The van der Waals surface area contributed by atoms with Gasteiger partial charge in [0.05, 0.1) is 26.7 Å². The number of anilines is 1. The number of thioether (sulfide) groups is 1. The SMILES string of the molecule is CO/N=C(\C(=O)NC1C(=O)N2C(C(=O)O)=C(C=CC[N+]3(C)CCCC3)CS[C@H]12)c1csc(N)n1. The van der Waals surface area contributed by atoms with Crippen molar-refractivity contribution in [1.29, 1.82) is 0 Å². The maximum absolute atomic E-state index is 12.9. The van der Waals surface area contributed by atoms with Crippen molar-refractivity contribution in [2.45, 2.75) is 24.3 Å². The van der Waals surface area contributed by atoms with Crippen molar-refractivity contribution >= 4 is 51.7 Å². The van der Waals surface area contributed by atoms with Gasteiger partial charge in [0, 0.05) is 24.0 Å². The molecule has 0 aliphatic carbocycles. The lowest BCUT2D eigenvalue weighted by molar-refractivity contribution is -0.891. The summed E-state index contributed by atoms with van der Waals surface area (Å²) in [6.07, 6.45) is 6.23. The van der Waals surface area contributed by atoms with E-state index in [0.717, 1.165) is 35.5 Å². The van der Waals surface area contributed by atoms with Crippen LogP contribution in [0.1, 0.15) is 18.5 Å². The molecule has 2 amide bonds. The number of likely N-dealkylation sites (N-methyl/N-ethyl adjacent to an activating group) is 1. The first-order chi connectivity index (χ1) is 16.2. The maximum atomic E-state index is 12.9. The third-order valence-electron chi connectivity index (χ3n) is 6.16. The Kier molecular flexibility index (Phi) is 6.96. The number of nitrogens with zero attached hydrogens (tertiary/aromatic N) is 4. The summed E-state index contributed by atoms with van der Waals surface area (Å²) in [6, 6.07) is -0.885. The van der Waals surface area contributed by atoms with Gasteiger partial charge >= 0.3 is 5.97 Å². The molecule has 1 aromatic rings. The number of hydrogen-bond acceptors (Lipinski definition) is 9. The van der Waals surface area contributed by atoms with Gasteiger partial charge in [0.15, 0.2) is 10.8 Å². The van der Waals surface area contributed by atoms with E-state index in [2.05, 4.69) is 22.5 Å². The lowest BCUT2D eigenvalue weighted by Gasteiger charge is -2.49. The molecule has 2 fully saturated rings. The van der Waals surface area contributed by atoms with Crippen molar-refractivity contribution < 1.29 is 28.8 Å². The standard InChI is InChI=1S/C21H26N6O5S2/c1-27(7-3-4-8-27)9-5-6-12-10-33-19-15(18(29)26(19)16(12)20(30)31)24-17(28)14(25-32-2)13-11-34-21(22)23-13/h5-6,11,15,19H,3-4,7-10H2,1-2H3,(H3-,22,23,24,28,30,31)/p+1/b6-5?,25-14-/t15?,19-/m1/s1. The van der Waals surface area contributed by atoms with Crippen LogP contribution in [0.5, 0.6) is 0 Å². The molecule has 0 saturated carbocycles. The highest BCUT2D eigenvalue weighted by atomic mass is 32.2. The van der Waals surface area contributed by atoms with Crippen LogP contribution in [-0.4, -0.2) is 93.9 Å². The van der Waals surface area contributed by atoms with Crippen molar-refractivity contribution in [2.75, 3.05) is 45.3 Å². The minimum Gasteiger partial charge on any atom is -0.477 e. The molecule has 182 valence electrons. The first-order valence-corrected chi connectivity index (χ1v) is 12.7. The van der Waals surface area contributed by atoms with Gasteiger partial charge in [-0.3, -0.25) is 14.5 Å². The smallest absolute Gasteiger partial charge is 0.352 e. The highest BCUT2D eigenvalue weighted by molar-refractivity contribution is 8.00. The minimum atomic E-state index is -1.16. The van der Waals surface area contributed by atoms with Crippen LogP contribution in [0.3, 0.4) is 0 Å². The number of allylic oxidation sites excluding steroid dienone is 1. The van der Waals surface area contributed by atoms with Crippen molar-refractivity contribution in [3.05, 3.63) is 34.5 Å². The summed E-state index contributed by atoms with van der Waals surface area (Å²) >= 11 is 2.55. The van der Waals surface area contributed by atoms with Crippen molar-refractivity contribution in [3.8, 4) is 0 Å². The second kappa shape index (κ2) is 9.76. The summed E-state index contributed by atoms with van der Waals surface area (Å²) in [5, 5.41) is 17.5. The van der Waals surface area contributed by atoms with E-state index in [1.807, 2.05) is 12.2 Å². The zero-order valence-corrected chi connectivity index (χ0v) is 20.5. The molecule has 4 N–H and O–H groups in total. The number of carbonyl (C=O) groups excluding carboxylic acids is 2. The third kappa shape index (κ3) is 4.68. The fourth-order valence-electron chi connectivity index (χ4n) is 4.40. The quantitative estimate of drug-likeness (QED) is 0.201. The van der Waals surface area contributed by atoms with Gasteiger partial charge in [-0.25, -0.2) is 9.78 Å². The lowest BCUT2D eigenvalue weighted by atomic mass is 10.0. The van der Waals surface area contributed by atoms with E-state index in [9.17, 15) is 19.5 Å². The molecule has 34 heavy (non-hydrogen) atoms. The molecule has 0 aromatic carbocycles. The van der Waals surface area contributed by atoms with E-state index in [-0.39, 0.29) is 22.2 Å². The Morgan fingerprint density at radius 1 is 1.44 bits per heavy atom. The van der Waals surface area contributed by atoms with Crippen LogP contribution in [0, 0.1) is 0 Å². The molecule has 0 bridgehead atoms. The number of likely N-dealkylation sites (tertiary alicyclic amines) is 1. The van der Waals surface area contributed by atoms with Gasteiger partial charge in [0.25, 0.3) is 11.8 Å². The third-order valence-corrected chi connectivity index (χ3v) is 8.14. The molecule has 3 aliphatic rings. The molecule has 3 aliphatic heterocycles. The topological polar surface area (TPSA) is 147 Å². The number of carboxylic acids is 1. The monoisotopic (exact) mass is 507 g/mol. The van der Waals surface area contributed by atoms with Gasteiger partial charge in [-0.1, -0.05) is 11.2 Å². The first-order valence-electron chi connectivity index (χ1n) is 10.8. The van der Waals surface area contributed by atoms with Gasteiger partial charge in [0.2, 0.25) is 0 Å². The van der Waals surface area contributed by atoms with Gasteiger partial charge in [-0.2, -0.15) is 0 Å². The summed E-state index contributed by atoms with van der Waals surface area (Å²) in [5.41, 5.74) is 6.33. The highest BCUT2D eigenvalue weighted by Gasteiger charge is 2.54. The van der Waals surface area contributed by atoms with Crippen LogP contribution < -0.4 is 11.1 Å². The molecule has 1 unspecified atom stereocenters. The number of carbonyl (C=O) groups is 3. The molecular weight excluding hydrogens is 480 g/mol. The predicted octanol–water partition coefficient (Wildman–Crippen LogP) is 0.611. The van der Waals surface area contributed by atoms with Crippen molar-refractivity contribution in [1.82, 2.24) is 15.2 Å². The highest BCUT2D eigenvalue weighted by Crippen LogP contribution is 2.40. The average Bonchev–Trinajstić information content (AvgIpc) is 3.43. The zero-order valence-electron chi connectivity index (χ0n) is 18.9. The van der Waals surface area contributed by atoms with E-state index in [1.54, 1.807) is 5.38 Å². The van der Waals surface area contributed by atoms with Crippen LogP contribution in [0.2, 0.25) is 0 Å². The van der Waals surface area contributed by atoms with Gasteiger partial charge in [-0.15, -0.1) is 23.1 Å². The number of aromatic nitrogens is 1. The van der Waals surface area contributed by atoms with E-state index >= 15 is 0 Å². The average molecular weight is 508 g/mol.